The van der Waals surface area contributed by atoms with Gasteiger partial charge in [0.1, 0.15) is 0 Å². The van der Waals surface area contributed by atoms with Crippen LogP contribution in [-0.2, 0) is 18.5 Å². The number of nitrogens with one attached hydrogen (secondary N) is 4. The van der Waals surface area contributed by atoms with Gasteiger partial charge in [-0.3, -0.25) is 0 Å². The summed E-state index contributed by atoms with van der Waals surface area (Å²) in [7, 11) is 0. The van der Waals surface area contributed by atoms with Crippen molar-refractivity contribution in [2.45, 2.75) is 80.8 Å². The molecular weight excluding hydrogens is 408 g/mol. The van der Waals surface area contributed by atoms with Gasteiger partial charge in [-0.25, -0.2) is 0 Å². The molecule has 0 bridgehead atoms. The average Bonchev–Trinajstić information content (AvgIpc) is 2.59. The summed E-state index contributed by atoms with van der Waals surface area (Å²) < 4.78 is 0. The standard InChI is InChI=1S/C24H42N4S2/c1-22(2,3)15-27-20(29)25-13-17-10-18(12-19(11-17)24(7,8)9)14-26-21(30)28-16-23(4,5)6/h10-12H,13-16H2,1-9H3,(H2,25,27,29)(H2,26,28,30). The van der Waals surface area contributed by atoms with Crippen molar-refractivity contribution in [1.82, 2.24) is 21.3 Å². The molecule has 0 aromatic heterocycles. The zero-order valence-corrected chi connectivity index (χ0v) is 22.0. The van der Waals surface area contributed by atoms with Crippen LogP contribution < -0.4 is 21.3 Å². The molecule has 0 spiro atoms. The van der Waals surface area contributed by atoms with Crippen molar-refractivity contribution >= 4 is 34.7 Å². The van der Waals surface area contributed by atoms with E-state index in [0.717, 1.165) is 13.1 Å². The maximum Gasteiger partial charge on any atom is 0.166 e. The Labute approximate surface area is 195 Å². The van der Waals surface area contributed by atoms with Crippen molar-refractivity contribution in [2.75, 3.05) is 13.1 Å². The second-order valence-corrected chi connectivity index (χ2v) is 12.3. The van der Waals surface area contributed by atoms with E-state index in [1.807, 2.05) is 0 Å². The van der Waals surface area contributed by atoms with Crippen molar-refractivity contribution in [3.8, 4) is 0 Å². The van der Waals surface area contributed by atoms with Crippen molar-refractivity contribution < 1.29 is 0 Å². The summed E-state index contributed by atoms with van der Waals surface area (Å²) in [5, 5.41) is 14.7. The van der Waals surface area contributed by atoms with Gasteiger partial charge in [-0.05, 0) is 57.4 Å². The van der Waals surface area contributed by atoms with Crippen LogP contribution in [0, 0.1) is 10.8 Å². The van der Waals surface area contributed by atoms with Crippen molar-refractivity contribution in [2.24, 2.45) is 10.8 Å². The largest absolute Gasteiger partial charge is 0.362 e. The third kappa shape index (κ3) is 11.7. The van der Waals surface area contributed by atoms with Gasteiger partial charge >= 0.3 is 0 Å². The van der Waals surface area contributed by atoms with E-state index in [1.165, 1.54) is 16.7 Å². The Hall–Kier alpha value is -1.40. The van der Waals surface area contributed by atoms with Gasteiger partial charge < -0.3 is 21.3 Å². The van der Waals surface area contributed by atoms with E-state index in [0.29, 0.717) is 23.3 Å². The molecule has 0 amide bonds. The molecule has 0 saturated carbocycles. The Bertz CT molecular complexity index is 670. The summed E-state index contributed by atoms with van der Waals surface area (Å²) in [6.07, 6.45) is 0. The fourth-order valence-corrected chi connectivity index (χ4v) is 2.87. The number of hydrogen-bond acceptors (Lipinski definition) is 2. The molecule has 6 heteroatoms. The molecular formula is C24H42N4S2. The first-order chi connectivity index (χ1) is 13.5. The summed E-state index contributed by atoms with van der Waals surface area (Å²) in [5.41, 5.74) is 4.19. The molecule has 0 unspecified atom stereocenters. The Morgan fingerprint density at radius 3 is 1.30 bits per heavy atom. The van der Waals surface area contributed by atoms with E-state index in [1.54, 1.807) is 0 Å². The summed E-state index contributed by atoms with van der Waals surface area (Å²) >= 11 is 10.9. The van der Waals surface area contributed by atoms with Crippen LogP contribution in [0.3, 0.4) is 0 Å². The van der Waals surface area contributed by atoms with Crippen molar-refractivity contribution in [1.29, 1.82) is 0 Å². The molecule has 0 saturated heterocycles. The number of hydrogen-bond donors (Lipinski definition) is 4. The average molecular weight is 451 g/mol. The fourth-order valence-electron chi connectivity index (χ4n) is 2.58. The van der Waals surface area contributed by atoms with Gasteiger partial charge in [0, 0.05) is 26.2 Å². The molecule has 0 radical (unpaired) electrons. The van der Waals surface area contributed by atoms with Crippen LogP contribution in [0.15, 0.2) is 18.2 Å². The molecule has 1 aromatic carbocycles. The van der Waals surface area contributed by atoms with Crippen molar-refractivity contribution in [3.63, 3.8) is 0 Å². The molecule has 0 aliphatic carbocycles. The van der Waals surface area contributed by atoms with E-state index in [2.05, 4.69) is 102 Å². The molecule has 1 aromatic rings. The van der Waals surface area contributed by atoms with Gasteiger partial charge in [0.25, 0.3) is 0 Å². The third-order valence-corrected chi connectivity index (χ3v) is 4.96. The Morgan fingerprint density at radius 1 is 0.633 bits per heavy atom. The smallest absolute Gasteiger partial charge is 0.166 e. The molecule has 0 aliphatic heterocycles. The molecule has 170 valence electrons. The number of thiocarbonyl (C=S) groups is 2. The highest BCUT2D eigenvalue weighted by Gasteiger charge is 2.16. The van der Waals surface area contributed by atoms with E-state index in [9.17, 15) is 0 Å². The third-order valence-electron chi connectivity index (χ3n) is 4.38. The van der Waals surface area contributed by atoms with E-state index >= 15 is 0 Å². The highest BCUT2D eigenvalue weighted by Crippen LogP contribution is 2.25. The molecule has 0 aliphatic rings. The lowest BCUT2D eigenvalue weighted by molar-refractivity contribution is 0.407. The first-order valence-electron chi connectivity index (χ1n) is 10.7. The van der Waals surface area contributed by atoms with Gasteiger partial charge in [-0.1, -0.05) is 80.5 Å². The highest BCUT2D eigenvalue weighted by molar-refractivity contribution is 7.80. The summed E-state index contributed by atoms with van der Waals surface area (Å²) in [6, 6.07) is 6.74. The maximum atomic E-state index is 5.44. The molecule has 0 heterocycles. The van der Waals surface area contributed by atoms with Crippen molar-refractivity contribution in [3.05, 3.63) is 34.9 Å². The quantitative estimate of drug-likeness (QED) is 0.457. The second-order valence-electron chi connectivity index (χ2n) is 11.5. The maximum absolute atomic E-state index is 5.44. The summed E-state index contributed by atoms with van der Waals surface area (Å²) in [6.45, 7) is 22.9. The molecule has 30 heavy (non-hydrogen) atoms. The monoisotopic (exact) mass is 450 g/mol. The highest BCUT2D eigenvalue weighted by atomic mass is 32.1. The first kappa shape index (κ1) is 26.6. The predicted octanol–water partition coefficient (Wildman–Crippen LogP) is 5.00. The lowest BCUT2D eigenvalue weighted by Gasteiger charge is -2.23. The normalized spacial score (nSPS) is 12.3. The van der Waals surface area contributed by atoms with Gasteiger partial charge in [-0.2, -0.15) is 0 Å². The molecule has 4 nitrogen and oxygen atoms in total. The SMILES string of the molecule is CC(C)(C)CNC(=S)NCc1cc(CNC(=S)NCC(C)(C)C)cc(C(C)(C)C)c1. The van der Waals surface area contributed by atoms with E-state index in [-0.39, 0.29) is 16.2 Å². The van der Waals surface area contributed by atoms with Gasteiger partial charge in [0.05, 0.1) is 0 Å². The number of benzene rings is 1. The van der Waals surface area contributed by atoms with Crippen LogP contribution in [0.5, 0.6) is 0 Å². The van der Waals surface area contributed by atoms with Crippen LogP contribution in [0.4, 0.5) is 0 Å². The van der Waals surface area contributed by atoms with Crippen LogP contribution in [0.25, 0.3) is 0 Å². The molecule has 0 fully saturated rings. The molecule has 4 N–H and O–H groups in total. The predicted molar refractivity (Wildman–Crippen MR) is 139 cm³/mol. The van der Waals surface area contributed by atoms with Crippen LogP contribution in [0.2, 0.25) is 0 Å². The minimum Gasteiger partial charge on any atom is -0.362 e. The van der Waals surface area contributed by atoms with E-state index in [4.69, 9.17) is 24.4 Å². The first-order valence-corrected chi connectivity index (χ1v) is 11.5. The van der Waals surface area contributed by atoms with Crippen LogP contribution >= 0.6 is 24.4 Å². The number of rotatable bonds is 6. The van der Waals surface area contributed by atoms with Gasteiger partial charge in [0.2, 0.25) is 0 Å². The van der Waals surface area contributed by atoms with Gasteiger partial charge in [0.15, 0.2) is 10.2 Å². The fraction of sp³-hybridized carbons (Fsp3) is 0.667. The summed E-state index contributed by atoms with van der Waals surface area (Å²) in [5.74, 6) is 0. The Morgan fingerprint density at radius 2 is 1.00 bits per heavy atom. The van der Waals surface area contributed by atoms with Gasteiger partial charge in [-0.15, -0.1) is 0 Å². The Kier molecular flexibility index (Phi) is 9.55. The zero-order valence-electron chi connectivity index (χ0n) is 20.4. The molecule has 0 atom stereocenters. The second kappa shape index (κ2) is 10.8. The lowest BCUT2D eigenvalue weighted by Crippen LogP contribution is -2.39. The topological polar surface area (TPSA) is 48.1 Å². The van der Waals surface area contributed by atoms with Crippen LogP contribution in [-0.4, -0.2) is 23.3 Å². The minimum absolute atomic E-state index is 0.0702. The van der Waals surface area contributed by atoms with E-state index < -0.39 is 0 Å². The molecule has 1 rings (SSSR count). The minimum atomic E-state index is 0.0702. The zero-order chi connectivity index (χ0) is 23.2. The lowest BCUT2D eigenvalue weighted by atomic mass is 9.85. The Balaban J connectivity index is 2.78. The van der Waals surface area contributed by atoms with Crippen LogP contribution in [0.1, 0.15) is 79.0 Å². The summed E-state index contributed by atoms with van der Waals surface area (Å²) in [4.78, 5) is 0.